The molecule has 0 bridgehead atoms. The largest absolute Gasteiger partial charge is 0.368 e. The van der Waals surface area contributed by atoms with E-state index >= 15 is 0 Å². The van der Waals surface area contributed by atoms with E-state index in [1.165, 1.54) is 11.1 Å². The molecule has 0 aliphatic carbocycles. The first-order valence-corrected chi connectivity index (χ1v) is 9.17. The van der Waals surface area contributed by atoms with Gasteiger partial charge in [-0.25, -0.2) is 0 Å². The number of nitrogens with zero attached hydrogens (tertiary/aromatic N) is 1. The number of hydrogen-bond acceptors (Lipinski definition) is 3. The van der Waals surface area contributed by atoms with Gasteiger partial charge in [0.2, 0.25) is 11.8 Å². The number of piperidine rings is 1. The number of hydrogen-bond donors (Lipinski definition) is 2. The normalized spacial score (nSPS) is 18.8. The summed E-state index contributed by atoms with van der Waals surface area (Å²) < 4.78 is 0. The highest BCUT2D eigenvalue weighted by atomic mass is 16.2. The SMILES string of the molecule is CC(C)(C)c1ccc(CCNC(=O)CN2CCCCC2C(N)=O)cc1. The molecular weight excluding hydrogens is 314 g/mol. The number of rotatable bonds is 6. The van der Waals surface area contributed by atoms with Gasteiger partial charge in [-0.2, -0.15) is 0 Å². The summed E-state index contributed by atoms with van der Waals surface area (Å²) in [6, 6.07) is 8.26. The molecule has 5 nitrogen and oxygen atoms in total. The lowest BCUT2D eigenvalue weighted by Gasteiger charge is -2.32. The third kappa shape index (κ3) is 5.85. The Kier molecular flexibility index (Phi) is 6.59. The highest BCUT2D eigenvalue weighted by Gasteiger charge is 2.28. The Morgan fingerprint density at radius 1 is 1.20 bits per heavy atom. The Morgan fingerprint density at radius 3 is 2.48 bits per heavy atom. The quantitative estimate of drug-likeness (QED) is 0.828. The molecule has 1 fully saturated rings. The Labute approximate surface area is 151 Å². The van der Waals surface area contributed by atoms with Crippen LogP contribution in [0.25, 0.3) is 0 Å². The zero-order valence-electron chi connectivity index (χ0n) is 15.7. The van der Waals surface area contributed by atoms with Crippen LogP contribution in [-0.2, 0) is 21.4 Å². The van der Waals surface area contributed by atoms with Crippen molar-refractivity contribution in [3.63, 3.8) is 0 Å². The van der Waals surface area contributed by atoms with Gasteiger partial charge in [-0.3, -0.25) is 14.5 Å². The molecule has 1 saturated heterocycles. The highest BCUT2D eigenvalue weighted by molar-refractivity contribution is 5.82. The molecule has 25 heavy (non-hydrogen) atoms. The molecular formula is C20H31N3O2. The van der Waals surface area contributed by atoms with E-state index in [0.29, 0.717) is 6.54 Å². The zero-order valence-corrected chi connectivity index (χ0v) is 15.7. The van der Waals surface area contributed by atoms with Crippen LogP contribution in [0.4, 0.5) is 0 Å². The fraction of sp³-hybridized carbons (Fsp3) is 0.600. The van der Waals surface area contributed by atoms with Crippen LogP contribution in [0.1, 0.15) is 51.2 Å². The Balaban J connectivity index is 1.77. The van der Waals surface area contributed by atoms with Crippen LogP contribution < -0.4 is 11.1 Å². The number of nitrogens with two attached hydrogens (primary N) is 1. The number of amides is 2. The van der Waals surface area contributed by atoms with E-state index in [1.54, 1.807) is 0 Å². The van der Waals surface area contributed by atoms with Crippen LogP contribution in [-0.4, -0.2) is 42.4 Å². The van der Waals surface area contributed by atoms with Crippen LogP contribution in [0, 0.1) is 0 Å². The average Bonchev–Trinajstić information content (AvgIpc) is 2.55. The number of nitrogens with one attached hydrogen (secondary N) is 1. The van der Waals surface area contributed by atoms with Gasteiger partial charge in [0.1, 0.15) is 0 Å². The van der Waals surface area contributed by atoms with Crippen molar-refractivity contribution >= 4 is 11.8 Å². The Morgan fingerprint density at radius 2 is 1.88 bits per heavy atom. The van der Waals surface area contributed by atoms with Gasteiger partial charge in [-0.05, 0) is 42.3 Å². The summed E-state index contributed by atoms with van der Waals surface area (Å²) in [7, 11) is 0. The molecule has 0 saturated carbocycles. The fourth-order valence-electron chi connectivity index (χ4n) is 3.26. The van der Waals surface area contributed by atoms with Crippen LogP contribution in [0.15, 0.2) is 24.3 Å². The first kappa shape index (κ1) is 19.4. The molecule has 138 valence electrons. The maximum absolute atomic E-state index is 12.2. The number of likely N-dealkylation sites (tertiary alicyclic amines) is 1. The summed E-state index contributed by atoms with van der Waals surface area (Å²) in [4.78, 5) is 25.5. The lowest BCUT2D eigenvalue weighted by molar-refractivity contribution is -0.128. The third-order valence-corrected chi connectivity index (χ3v) is 4.84. The van der Waals surface area contributed by atoms with Crippen molar-refractivity contribution in [2.45, 2.75) is 57.9 Å². The molecule has 5 heteroatoms. The molecule has 0 spiro atoms. The van der Waals surface area contributed by atoms with Gasteiger partial charge in [0.15, 0.2) is 0 Å². The molecule has 1 aromatic carbocycles. The van der Waals surface area contributed by atoms with E-state index in [-0.39, 0.29) is 29.8 Å². The molecule has 1 aromatic rings. The summed E-state index contributed by atoms with van der Waals surface area (Å²) in [5, 5.41) is 2.95. The number of benzene rings is 1. The first-order valence-electron chi connectivity index (χ1n) is 9.17. The van der Waals surface area contributed by atoms with E-state index in [4.69, 9.17) is 5.73 Å². The minimum absolute atomic E-state index is 0.0422. The number of carbonyl (C=O) groups is 2. The van der Waals surface area contributed by atoms with E-state index in [0.717, 1.165) is 32.2 Å². The van der Waals surface area contributed by atoms with Crippen molar-refractivity contribution in [2.24, 2.45) is 5.73 Å². The van der Waals surface area contributed by atoms with Crippen molar-refractivity contribution in [3.05, 3.63) is 35.4 Å². The van der Waals surface area contributed by atoms with Crippen LogP contribution in [0.5, 0.6) is 0 Å². The fourth-order valence-corrected chi connectivity index (χ4v) is 3.26. The number of carbonyl (C=O) groups excluding carboxylic acids is 2. The van der Waals surface area contributed by atoms with Gasteiger partial charge < -0.3 is 11.1 Å². The molecule has 3 N–H and O–H groups in total. The molecule has 0 radical (unpaired) electrons. The maximum atomic E-state index is 12.2. The number of primary amides is 1. The first-order chi connectivity index (χ1) is 11.8. The third-order valence-electron chi connectivity index (χ3n) is 4.84. The van der Waals surface area contributed by atoms with Gasteiger partial charge >= 0.3 is 0 Å². The monoisotopic (exact) mass is 345 g/mol. The summed E-state index contributed by atoms with van der Waals surface area (Å²) in [6.45, 7) is 8.20. The van der Waals surface area contributed by atoms with Crippen molar-refractivity contribution in [3.8, 4) is 0 Å². The summed E-state index contributed by atoms with van der Waals surface area (Å²) >= 11 is 0. The maximum Gasteiger partial charge on any atom is 0.234 e. The lowest BCUT2D eigenvalue weighted by atomic mass is 9.86. The van der Waals surface area contributed by atoms with Gasteiger partial charge in [-0.1, -0.05) is 51.5 Å². The van der Waals surface area contributed by atoms with Gasteiger partial charge in [0, 0.05) is 6.54 Å². The van der Waals surface area contributed by atoms with E-state index in [1.807, 2.05) is 4.90 Å². The van der Waals surface area contributed by atoms with Crippen LogP contribution >= 0.6 is 0 Å². The second-order valence-corrected chi connectivity index (χ2v) is 7.93. The van der Waals surface area contributed by atoms with E-state index < -0.39 is 0 Å². The van der Waals surface area contributed by atoms with E-state index in [9.17, 15) is 9.59 Å². The molecule has 1 aliphatic heterocycles. The van der Waals surface area contributed by atoms with E-state index in [2.05, 4.69) is 50.4 Å². The average molecular weight is 345 g/mol. The van der Waals surface area contributed by atoms with Gasteiger partial charge in [0.25, 0.3) is 0 Å². The summed E-state index contributed by atoms with van der Waals surface area (Å²) in [5.74, 6) is -0.370. The molecule has 1 heterocycles. The molecule has 2 rings (SSSR count). The molecule has 1 atom stereocenters. The van der Waals surface area contributed by atoms with Gasteiger partial charge in [0.05, 0.1) is 12.6 Å². The van der Waals surface area contributed by atoms with Crippen molar-refractivity contribution in [1.29, 1.82) is 0 Å². The molecule has 0 aromatic heterocycles. The Bertz CT molecular complexity index is 590. The predicted molar refractivity (Wildman–Crippen MR) is 100 cm³/mol. The molecule has 1 aliphatic rings. The van der Waals surface area contributed by atoms with Crippen molar-refractivity contribution in [2.75, 3.05) is 19.6 Å². The lowest BCUT2D eigenvalue weighted by Crippen LogP contribution is -2.51. The minimum atomic E-state index is -0.327. The van der Waals surface area contributed by atoms with Crippen LogP contribution in [0.3, 0.4) is 0 Å². The molecule has 1 unspecified atom stereocenters. The van der Waals surface area contributed by atoms with Crippen LogP contribution in [0.2, 0.25) is 0 Å². The highest BCUT2D eigenvalue weighted by Crippen LogP contribution is 2.22. The van der Waals surface area contributed by atoms with Crippen molar-refractivity contribution < 1.29 is 9.59 Å². The predicted octanol–water partition coefficient (Wildman–Crippen LogP) is 1.98. The smallest absolute Gasteiger partial charge is 0.234 e. The Hall–Kier alpha value is -1.88. The topological polar surface area (TPSA) is 75.4 Å². The second kappa shape index (κ2) is 8.48. The van der Waals surface area contributed by atoms with Gasteiger partial charge in [-0.15, -0.1) is 0 Å². The minimum Gasteiger partial charge on any atom is -0.368 e. The summed E-state index contributed by atoms with van der Waals surface area (Å²) in [5.41, 5.74) is 8.11. The summed E-state index contributed by atoms with van der Waals surface area (Å²) in [6.07, 6.45) is 3.56. The standard InChI is InChI=1S/C20H31N3O2/c1-20(2,3)16-9-7-15(8-10-16)11-12-22-18(24)14-23-13-5-4-6-17(23)19(21)25/h7-10,17H,4-6,11-14H2,1-3H3,(H2,21,25)(H,22,24). The zero-order chi connectivity index (χ0) is 18.4. The second-order valence-electron chi connectivity index (χ2n) is 7.93. The van der Waals surface area contributed by atoms with Crippen molar-refractivity contribution in [1.82, 2.24) is 10.2 Å². The molecule has 2 amide bonds.